The highest BCUT2D eigenvalue weighted by atomic mass is 32.1. The normalized spacial score (nSPS) is 15.8. The average Bonchev–Trinajstić information content (AvgIpc) is 2.59. The Labute approximate surface area is 151 Å². The number of hydrogen-bond acceptors (Lipinski definition) is 7. The van der Waals surface area contributed by atoms with Gasteiger partial charge >= 0.3 is 5.97 Å². The second-order valence-electron chi connectivity index (χ2n) is 5.64. The van der Waals surface area contributed by atoms with Gasteiger partial charge in [0.25, 0.3) is 11.2 Å². The van der Waals surface area contributed by atoms with Crippen LogP contribution in [0.3, 0.4) is 0 Å². The van der Waals surface area contributed by atoms with E-state index in [1.165, 1.54) is 25.3 Å². The van der Waals surface area contributed by atoms with Crippen LogP contribution in [-0.4, -0.2) is 28.0 Å². The number of methoxy groups -OCH3 is 1. The Bertz CT molecular complexity index is 1070. The van der Waals surface area contributed by atoms with E-state index >= 15 is 0 Å². The number of nitro benzene ring substituents is 1. The van der Waals surface area contributed by atoms with Gasteiger partial charge in [-0.25, -0.2) is 4.79 Å². The molecule has 26 heavy (non-hydrogen) atoms. The number of hydrogen-bond donors (Lipinski definition) is 3. The van der Waals surface area contributed by atoms with Gasteiger partial charge in [-0.15, -0.1) is 0 Å². The van der Waals surface area contributed by atoms with Gasteiger partial charge in [0.15, 0.2) is 4.77 Å². The third-order valence-corrected chi connectivity index (χ3v) is 4.30. The number of aromatic amines is 2. The van der Waals surface area contributed by atoms with Crippen molar-refractivity contribution < 1.29 is 14.5 Å². The molecule has 3 rings (SSSR count). The largest absolute Gasteiger partial charge is 0.466 e. The van der Waals surface area contributed by atoms with Crippen LogP contribution in [-0.2, 0) is 9.53 Å². The lowest BCUT2D eigenvalue weighted by molar-refractivity contribution is -0.384. The van der Waals surface area contributed by atoms with Crippen LogP contribution in [0.4, 0.5) is 11.5 Å². The van der Waals surface area contributed by atoms with Gasteiger partial charge < -0.3 is 15.0 Å². The maximum atomic E-state index is 12.6. The lowest BCUT2D eigenvalue weighted by atomic mass is 9.82. The van der Waals surface area contributed by atoms with Gasteiger partial charge in [0, 0.05) is 17.8 Å². The molecule has 10 heteroatoms. The van der Waals surface area contributed by atoms with E-state index < -0.39 is 22.4 Å². The summed E-state index contributed by atoms with van der Waals surface area (Å²) in [4.78, 5) is 40.8. The number of allylic oxidation sites excluding steroid dienone is 1. The predicted octanol–water partition coefficient (Wildman–Crippen LogP) is 2.35. The lowest BCUT2D eigenvalue weighted by Crippen LogP contribution is -2.30. The number of nitrogens with one attached hydrogen (secondary N) is 3. The number of fused-ring (bicyclic) bond motifs is 1. The number of rotatable bonds is 3. The second-order valence-corrected chi connectivity index (χ2v) is 6.05. The van der Waals surface area contributed by atoms with Crippen molar-refractivity contribution >= 4 is 29.7 Å². The van der Waals surface area contributed by atoms with Crippen LogP contribution < -0.4 is 10.9 Å². The molecule has 0 aliphatic carbocycles. The third-order valence-electron chi connectivity index (χ3n) is 4.09. The molecule has 1 atom stereocenters. The first-order valence-corrected chi connectivity index (χ1v) is 7.91. The quantitative estimate of drug-likeness (QED) is 0.325. The highest BCUT2D eigenvalue weighted by Crippen LogP contribution is 2.40. The molecule has 1 aromatic carbocycles. The van der Waals surface area contributed by atoms with E-state index in [0.29, 0.717) is 17.1 Å². The number of aromatic nitrogens is 2. The zero-order valence-electron chi connectivity index (χ0n) is 13.8. The van der Waals surface area contributed by atoms with E-state index in [0.717, 1.165) is 0 Å². The monoisotopic (exact) mass is 374 g/mol. The summed E-state index contributed by atoms with van der Waals surface area (Å²) in [6.45, 7) is 1.65. The Morgan fingerprint density at radius 1 is 1.35 bits per heavy atom. The van der Waals surface area contributed by atoms with Gasteiger partial charge in [-0.1, -0.05) is 12.1 Å². The van der Waals surface area contributed by atoms with Gasteiger partial charge in [-0.2, -0.15) is 0 Å². The SMILES string of the molecule is COC(=O)C1=C(C)Nc2[nH]c(=S)[nH]c(=O)c2[C@H]1c1cccc([N+](=O)[O-])c1. The predicted molar refractivity (Wildman–Crippen MR) is 95.5 cm³/mol. The number of nitro groups is 1. The molecule has 1 aliphatic heterocycles. The Balaban J connectivity index is 2.33. The summed E-state index contributed by atoms with van der Waals surface area (Å²) in [7, 11) is 1.23. The number of carbonyl (C=O) groups excluding carboxylic acids is 1. The van der Waals surface area contributed by atoms with E-state index in [1.54, 1.807) is 13.0 Å². The first kappa shape index (κ1) is 17.5. The molecular weight excluding hydrogens is 360 g/mol. The van der Waals surface area contributed by atoms with E-state index in [1.807, 2.05) is 0 Å². The summed E-state index contributed by atoms with van der Waals surface area (Å²) < 4.78 is 4.97. The van der Waals surface area contributed by atoms with Crippen molar-refractivity contribution in [2.45, 2.75) is 12.8 Å². The third kappa shape index (κ3) is 2.90. The van der Waals surface area contributed by atoms with E-state index in [9.17, 15) is 19.7 Å². The molecular formula is C16H14N4O5S. The van der Waals surface area contributed by atoms with Gasteiger partial charge in [-0.3, -0.25) is 19.9 Å². The number of nitrogens with zero attached hydrogens (tertiary/aromatic N) is 1. The first-order valence-electron chi connectivity index (χ1n) is 7.50. The molecule has 3 N–H and O–H groups in total. The van der Waals surface area contributed by atoms with Crippen LogP contribution in [0.2, 0.25) is 0 Å². The molecule has 134 valence electrons. The van der Waals surface area contributed by atoms with Crippen LogP contribution in [0, 0.1) is 14.9 Å². The van der Waals surface area contributed by atoms with E-state index in [4.69, 9.17) is 17.0 Å². The summed E-state index contributed by atoms with van der Waals surface area (Å²) in [5, 5.41) is 14.1. The molecule has 0 unspecified atom stereocenters. The molecule has 0 fully saturated rings. The minimum atomic E-state index is -0.853. The summed E-state index contributed by atoms with van der Waals surface area (Å²) in [6.07, 6.45) is 0. The topological polar surface area (TPSA) is 130 Å². The van der Waals surface area contributed by atoms with Crippen LogP contribution in [0.15, 0.2) is 40.3 Å². The number of ether oxygens (including phenoxy) is 1. The van der Waals surface area contributed by atoms with Crippen LogP contribution in [0.25, 0.3) is 0 Å². The molecule has 2 aromatic rings. The van der Waals surface area contributed by atoms with Crippen molar-refractivity contribution in [3.8, 4) is 0 Å². The molecule has 0 bridgehead atoms. The molecule has 0 saturated heterocycles. The lowest BCUT2D eigenvalue weighted by Gasteiger charge is -2.28. The smallest absolute Gasteiger partial charge is 0.336 e. The Morgan fingerprint density at radius 2 is 2.08 bits per heavy atom. The summed E-state index contributed by atoms with van der Waals surface area (Å²) >= 11 is 4.99. The number of non-ortho nitro benzene ring substituents is 1. The van der Waals surface area contributed by atoms with Crippen molar-refractivity contribution in [2.24, 2.45) is 0 Å². The van der Waals surface area contributed by atoms with E-state index in [2.05, 4.69) is 15.3 Å². The number of carbonyl (C=O) groups is 1. The van der Waals surface area contributed by atoms with Crippen LogP contribution in [0.5, 0.6) is 0 Å². The fraction of sp³-hybridized carbons (Fsp3) is 0.188. The van der Waals surface area contributed by atoms with Crippen molar-refractivity contribution in [1.29, 1.82) is 0 Å². The van der Waals surface area contributed by atoms with Crippen molar-refractivity contribution in [3.63, 3.8) is 0 Å². The summed E-state index contributed by atoms with van der Waals surface area (Å²) in [5.41, 5.74) is 0.614. The molecule has 1 aliphatic rings. The van der Waals surface area contributed by atoms with Crippen molar-refractivity contribution in [3.05, 3.63) is 71.9 Å². The molecule has 0 spiro atoms. The van der Waals surface area contributed by atoms with Crippen molar-refractivity contribution in [2.75, 3.05) is 12.4 Å². The Kier molecular flexibility index (Phi) is 4.43. The number of esters is 1. The molecule has 0 saturated carbocycles. The zero-order chi connectivity index (χ0) is 19.0. The highest BCUT2D eigenvalue weighted by molar-refractivity contribution is 7.71. The average molecular weight is 374 g/mol. The van der Waals surface area contributed by atoms with Gasteiger partial charge in [0.2, 0.25) is 0 Å². The standard InChI is InChI=1S/C16H14N4O5S/c1-7-10(15(22)25-2)11(8-4-3-5-9(6-8)20(23)24)12-13(17-7)18-16(26)19-14(12)21/h3-6,11H,1-2H3,(H3,17,18,19,21,26)/t11-/m0/s1. The molecule has 1 aromatic heterocycles. The minimum absolute atomic E-state index is 0.119. The van der Waals surface area contributed by atoms with Crippen LogP contribution in [0.1, 0.15) is 24.0 Å². The molecule has 0 amide bonds. The van der Waals surface area contributed by atoms with Gasteiger partial charge in [-0.05, 0) is 24.7 Å². The molecule has 9 nitrogen and oxygen atoms in total. The number of H-pyrrole nitrogens is 2. The number of anilines is 1. The Hall–Kier alpha value is -3.27. The zero-order valence-corrected chi connectivity index (χ0v) is 14.6. The van der Waals surface area contributed by atoms with Crippen LogP contribution >= 0.6 is 12.2 Å². The Morgan fingerprint density at radius 3 is 2.73 bits per heavy atom. The fourth-order valence-electron chi connectivity index (χ4n) is 3.02. The highest BCUT2D eigenvalue weighted by Gasteiger charge is 2.36. The molecule has 2 heterocycles. The summed E-state index contributed by atoms with van der Waals surface area (Å²) in [6, 6.07) is 5.78. The summed E-state index contributed by atoms with van der Waals surface area (Å²) in [5.74, 6) is -1.16. The maximum Gasteiger partial charge on any atom is 0.336 e. The second kappa shape index (κ2) is 6.56. The van der Waals surface area contributed by atoms with E-state index in [-0.39, 0.29) is 21.6 Å². The van der Waals surface area contributed by atoms with Crippen molar-refractivity contribution in [1.82, 2.24) is 9.97 Å². The first-order chi connectivity index (χ1) is 12.3. The molecule has 0 radical (unpaired) electrons. The van der Waals surface area contributed by atoms with Gasteiger partial charge in [0.05, 0.1) is 29.1 Å². The maximum absolute atomic E-state index is 12.6. The minimum Gasteiger partial charge on any atom is -0.466 e. The van der Waals surface area contributed by atoms with Gasteiger partial charge in [0.1, 0.15) is 5.82 Å². The fourth-order valence-corrected chi connectivity index (χ4v) is 3.21. The number of benzene rings is 1.